The normalized spacial score (nSPS) is 11.6. The van der Waals surface area contributed by atoms with Gasteiger partial charge in [-0.25, -0.2) is 4.39 Å². The largest absolute Gasteiger partial charge is 0.492 e. The van der Waals surface area contributed by atoms with Gasteiger partial charge in [0.1, 0.15) is 11.6 Å². The third-order valence-electron chi connectivity index (χ3n) is 2.48. The predicted molar refractivity (Wildman–Crippen MR) is 64.4 cm³/mol. The van der Waals surface area contributed by atoms with Crippen molar-refractivity contribution in [3.8, 4) is 5.75 Å². The summed E-state index contributed by atoms with van der Waals surface area (Å²) in [7, 11) is 0. The molecule has 0 fully saturated rings. The molecular formula is C12H17ClFNO. The van der Waals surface area contributed by atoms with Crippen molar-refractivity contribution < 1.29 is 9.13 Å². The van der Waals surface area contributed by atoms with Crippen LogP contribution in [0.5, 0.6) is 5.75 Å². The Morgan fingerprint density at radius 3 is 2.69 bits per heavy atom. The molecule has 0 heterocycles. The van der Waals surface area contributed by atoms with Gasteiger partial charge in [-0.2, -0.15) is 0 Å². The highest BCUT2D eigenvalue weighted by atomic mass is 35.5. The Hall–Kier alpha value is -0.800. The lowest BCUT2D eigenvalue weighted by molar-refractivity contribution is 0.233. The minimum Gasteiger partial charge on any atom is -0.492 e. The molecule has 0 aromatic heterocycles. The van der Waals surface area contributed by atoms with Crippen molar-refractivity contribution >= 4 is 11.6 Å². The van der Waals surface area contributed by atoms with E-state index in [2.05, 4.69) is 13.8 Å². The molecule has 0 atom stereocenters. The Morgan fingerprint density at radius 1 is 1.44 bits per heavy atom. The van der Waals surface area contributed by atoms with Crippen LogP contribution in [0.1, 0.15) is 20.3 Å². The number of hydrogen-bond acceptors (Lipinski definition) is 2. The van der Waals surface area contributed by atoms with Gasteiger partial charge in [0, 0.05) is 0 Å². The van der Waals surface area contributed by atoms with Gasteiger partial charge in [-0.05, 0) is 36.6 Å². The zero-order chi connectivity index (χ0) is 12.2. The molecular weight excluding hydrogens is 229 g/mol. The van der Waals surface area contributed by atoms with Crippen LogP contribution in [0.4, 0.5) is 4.39 Å². The summed E-state index contributed by atoms with van der Waals surface area (Å²) in [6.45, 7) is 5.27. The first-order valence-electron chi connectivity index (χ1n) is 5.22. The zero-order valence-corrected chi connectivity index (χ0v) is 10.4. The lowest BCUT2D eigenvalue weighted by atomic mass is 9.90. The number of ether oxygens (including phenoxy) is 1. The van der Waals surface area contributed by atoms with Gasteiger partial charge in [-0.1, -0.05) is 25.4 Å². The topological polar surface area (TPSA) is 35.2 Å². The van der Waals surface area contributed by atoms with Gasteiger partial charge in [0.2, 0.25) is 0 Å². The molecule has 0 unspecified atom stereocenters. The molecule has 0 aliphatic heterocycles. The standard InChI is InChI=1S/C12H17ClFNO/c1-12(2,8-15)5-6-16-11-4-3-9(14)7-10(11)13/h3-4,7H,5-6,8,15H2,1-2H3. The van der Waals surface area contributed by atoms with Crippen LogP contribution in [0.2, 0.25) is 5.02 Å². The van der Waals surface area contributed by atoms with Gasteiger partial charge in [-0.3, -0.25) is 0 Å². The Bertz CT molecular complexity index is 355. The van der Waals surface area contributed by atoms with Gasteiger partial charge in [0.05, 0.1) is 11.6 Å². The van der Waals surface area contributed by atoms with E-state index in [1.807, 2.05) is 0 Å². The van der Waals surface area contributed by atoms with Gasteiger partial charge in [0.15, 0.2) is 0 Å². The Morgan fingerprint density at radius 2 is 2.12 bits per heavy atom. The van der Waals surface area contributed by atoms with Crippen molar-refractivity contribution in [2.45, 2.75) is 20.3 Å². The summed E-state index contributed by atoms with van der Waals surface area (Å²) >= 11 is 5.82. The molecule has 0 saturated carbocycles. The van der Waals surface area contributed by atoms with E-state index in [-0.39, 0.29) is 11.2 Å². The molecule has 1 aromatic rings. The molecule has 0 bridgehead atoms. The van der Waals surface area contributed by atoms with Crippen LogP contribution in [0.15, 0.2) is 18.2 Å². The molecule has 0 saturated heterocycles. The Kier molecular flexibility index (Phi) is 4.56. The molecule has 1 rings (SSSR count). The lowest BCUT2D eigenvalue weighted by Crippen LogP contribution is -2.25. The molecule has 90 valence electrons. The van der Waals surface area contributed by atoms with Crippen LogP contribution in [0.3, 0.4) is 0 Å². The molecule has 2 N–H and O–H groups in total. The minimum absolute atomic E-state index is 0.0481. The average Bonchev–Trinajstić information content (AvgIpc) is 2.21. The summed E-state index contributed by atoms with van der Waals surface area (Å²) in [5.74, 6) is 0.149. The molecule has 0 aliphatic rings. The third-order valence-corrected chi connectivity index (χ3v) is 2.78. The number of nitrogens with two attached hydrogens (primary N) is 1. The number of halogens is 2. The minimum atomic E-state index is -0.361. The summed E-state index contributed by atoms with van der Waals surface area (Å²) < 4.78 is 18.2. The quantitative estimate of drug-likeness (QED) is 0.865. The first-order valence-corrected chi connectivity index (χ1v) is 5.60. The third kappa shape index (κ3) is 3.99. The van der Waals surface area contributed by atoms with Crippen LogP contribution in [-0.2, 0) is 0 Å². The number of rotatable bonds is 5. The van der Waals surface area contributed by atoms with Crippen molar-refractivity contribution in [2.75, 3.05) is 13.2 Å². The molecule has 0 amide bonds. The predicted octanol–water partition coefficient (Wildman–Crippen LogP) is 3.23. The average molecular weight is 246 g/mol. The highest BCUT2D eigenvalue weighted by molar-refractivity contribution is 6.32. The van der Waals surface area contributed by atoms with Crippen LogP contribution in [0, 0.1) is 11.2 Å². The molecule has 1 aromatic carbocycles. The zero-order valence-electron chi connectivity index (χ0n) is 9.59. The highest BCUT2D eigenvalue weighted by Gasteiger charge is 2.15. The summed E-state index contributed by atoms with van der Waals surface area (Å²) in [5.41, 5.74) is 5.65. The van der Waals surface area contributed by atoms with E-state index < -0.39 is 0 Å². The fourth-order valence-electron chi connectivity index (χ4n) is 1.13. The monoisotopic (exact) mass is 245 g/mol. The maximum absolute atomic E-state index is 12.8. The fourth-order valence-corrected chi connectivity index (χ4v) is 1.35. The summed E-state index contributed by atoms with van der Waals surface area (Å²) in [6.07, 6.45) is 0.831. The second-order valence-corrected chi connectivity index (χ2v) is 4.95. The van der Waals surface area contributed by atoms with Gasteiger partial charge >= 0.3 is 0 Å². The van der Waals surface area contributed by atoms with Crippen molar-refractivity contribution in [2.24, 2.45) is 11.1 Å². The lowest BCUT2D eigenvalue weighted by Gasteiger charge is -2.22. The Labute approximate surface area is 101 Å². The fraction of sp³-hybridized carbons (Fsp3) is 0.500. The number of benzene rings is 1. The molecule has 2 nitrogen and oxygen atoms in total. The SMILES string of the molecule is CC(C)(CN)CCOc1ccc(F)cc1Cl. The van der Waals surface area contributed by atoms with Crippen molar-refractivity contribution in [3.63, 3.8) is 0 Å². The smallest absolute Gasteiger partial charge is 0.138 e. The van der Waals surface area contributed by atoms with E-state index in [1.54, 1.807) is 0 Å². The van der Waals surface area contributed by atoms with Crippen molar-refractivity contribution in [1.82, 2.24) is 0 Å². The van der Waals surface area contributed by atoms with Gasteiger partial charge < -0.3 is 10.5 Å². The van der Waals surface area contributed by atoms with Gasteiger partial charge in [-0.15, -0.1) is 0 Å². The first kappa shape index (κ1) is 13.3. The molecule has 4 heteroatoms. The van der Waals surface area contributed by atoms with E-state index in [1.165, 1.54) is 18.2 Å². The second kappa shape index (κ2) is 5.51. The maximum atomic E-state index is 12.8. The van der Waals surface area contributed by atoms with E-state index in [0.717, 1.165) is 6.42 Å². The van der Waals surface area contributed by atoms with Crippen molar-refractivity contribution in [1.29, 1.82) is 0 Å². The van der Waals surface area contributed by atoms with Gasteiger partial charge in [0.25, 0.3) is 0 Å². The number of hydrogen-bond donors (Lipinski definition) is 1. The van der Waals surface area contributed by atoms with E-state index in [0.29, 0.717) is 23.9 Å². The highest BCUT2D eigenvalue weighted by Crippen LogP contribution is 2.26. The van der Waals surface area contributed by atoms with E-state index in [4.69, 9.17) is 22.1 Å². The summed E-state index contributed by atoms with van der Waals surface area (Å²) in [5, 5.41) is 0.297. The Balaban J connectivity index is 2.49. The molecule has 0 aliphatic carbocycles. The van der Waals surface area contributed by atoms with Crippen molar-refractivity contribution in [3.05, 3.63) is 29.0 Å². The molecule has 16 heavy (non-hydrogen) atoms. The molecule has 0 radical (unpaired) electrons. The second-order valence-electron chi connectivity index (χ2n) is 4.54. The summed E-state index contributed by atoms with van der Waals surface area (Å²) in [4.78, 5) is 0. The maximum Gasteiger partial charge on any atom is 0.138 e. The van der Waals surface area contributed by atoms with Crippen LogP contribution in [-0.4, -0.2) is 13.2 Å². The van der Waals surface area contributed by atoms with E-state index >= 15 is 0 Å². The summed E-state index contributed by atoms with van der Waals surface area (Å²) in [6, 6.07) is 4.10. The van der Waals surface area contributed by atoms with Crippen LogP contribution >= 0.6 is 11.6 Å². The first-order chi connectivity index (χ1) is 7.44. The van der Waals surface area contributed by atoms with Crippen LogP contribution in [0.25, 0.3) is 0 Å². The van der Waals surface area contributed by atoms with Crippen LogP contribution < -0.4 is 10.5 Å². The van der Waals surface area contributed by atoms with E-state index in [9.17, 15) is 4.39 Å². The molecule has 0 spiro atoms.